The number of benzene rings is 1. The molecule has 0 bridgehead atoms. The Morgan fingerprint density at radius 3 is 2.67 bits per heavy atom. The first-order chi connectivity index (χ1) is 11.4. The van der Waals surface area contributed by atoms with Crippen LogP contribution in [-0.4, -0.2) is 33.2 Å². The summed E-state index contributed by atoms with van der Waals surface area (Å²) in [6, 6.07) is 4.93. The van der Waals surface area contributed by atoms with Crippen molar-refractivity contribution in [3.63, 3.8) is 0 Å². The van der Waals surface area contributed by atoms with Crippen LogP contribution in [0.15, 0.2) is 29.4 Å². The number of rotatable bonds is 6. The van der Waals surface area contributed by atoms with Crippen molar-refractivity contribution in [1.29, 1.82) is 0 Å². The molecular formula is C14H13F3N4O2S. The molecule has 0 unspecified atom stereocenters. The predicted octanol–water partition coefficient (Wildman–Crippen LogP) is 3.31. The van der Waals surface area contributed by atoms with Gasteiger partial charge in [-0.25, -0.2) is 4.98 Å². The van der Waals surface area contributed by atoms with Crippen molar-refractivity contribution in [2.24, 2.45) is 0 Å². The Morgan fingerprint density at radius 2 is 2.04 bits per heavy atom. The monoisotopic (exact) mass is 358 g/mol. The molecule has 24 heavy (non-hydrogen) atoms. The lowest BCUT2D eigenvalue weighted by Crippen LogP contribution is -2.17. The minimum Gasteiger partial charge on any atom is -0.406 e. The third kappa shape index (κ3) is 4.88. The minimum atomic E-state index is -4.74. The Balaban J connectivity index is 1.47. The molecule has 1 amide bonds. The van der Waals surface area contributed by atoms with Gasteiger partial charge in [-0.15, -0.1) is 18.3 Å². The van der Waals surface area contributed by atoms with Crippen molar-refractivity contribution >= 4 is 23.4 Å². The molecule has 0 saturated heterocycles. The number of ether oxygens (including phenoxy) is 1. The van der Waals surface area contributed by atoms with Gasteiger partial charge in [0.15, 0.2) is 0 Å². The van der Waals surface area contributed by atoms with Crippen molar-refractivity contribution < 1.29 is 22.7 Å². The lowest BCUT2D eigenvalue weighted by molar-refractivity contribution is -0.274. The van der Waals surface area contributed by atoms with E-state index in [1.165, 1.54) is 23.9 Å². The molecule has 2 N–H and O–H groups in total. The van der Waals surface area contributed by atoms with Crippen molar-refractivity contribution in [3.8, 4) is 5.75 Å². The quantitative estimate of drug-likeness (QED) is 0.775. The highest BCUT2D eigenvalue weighted by atomic mass is 32.2. The number of anilines is 1. The molecule has 6 nitrogen and oxygen atoms in total. The molecule has 1 aliphatic rings. The molecule has 0 spiro atoms. The largest absolute Gasteiger partial charge is 0.573 e. The second-order valence-electron chi connectivity index (χ2n) is 5.19. The van der Waals surface area contributed by atoms with Crippen LogP contribution < -0.4 is 10.1 Å². The molecule has 1 heterocycles. The van der Waals surface area contributed by atoms with Crippen LogP contribution in [0.2, 0.25) is 0 Å². The smallest absolute Gasteiger partial charge is 0.406 e. The molecule has 1 aromatic heterocycles. The van der Waals surface area contributed by atoms with Crippen molar-refractivity contribution in [3.05, 3.63) is 30.1 Å². The second-order valence-corrected chi connectivity index (χ2v) is 6.13. The number of aromatic amines is 1. The highest BCUT2D eigenvalue weighted by Crippen LogP contribution is 2.38. The first-order valence-corrected chi connectivity index (χ1v) is 8.08. The van der Waals surface area contributed by atoms with E-state index < -0.39 is 6.36 Å². The number of aromatic nitrogens is 3. The number of halogens is 3. The number of nitrogens with one attached hydrogen (secondary N) is 2. The van der Waals surface area contributed by atoms with Crippen LogP contribution in [0.25, 0.3) is 0 Å². The lowest BCUT2D eigenvalue weighted by atomic mass is 10.3. The zero-order chi connectivity index (χ0) is 17.2. The molecule has 0 radical (unpaired) electrons. The second kappa shape index (κ2) is 6.71. The fourth-order valence-electron chi connectivity index (χ4n) is 1.93. The molecule has 3 rings (SSSR count). The van der Waals surface area contributed by atoms with E-state index in [4.69, 9.17) is 0 Å². The SMILES string of the molecule is O=C(CSc1n[nH]c(C2CC2)n1)Nc1ccc(OC(F)(F)F)cc1. The van der Waals surface area contributed by atoms with Gasteiger partial charge in [-0.2, -0.15) is 0 Å². The van der Waals surface area contributed by atoms with Gasteiger partial charge in [0.25, 0.3) is 0 Å². The minimum absolute atomic E-state index is 0.1000. The Hall–Kier alpha value is -2.23. The van der Waals surface area contributed by atoms with Crippen LogP contribution >= 0.6 is 11.8 Å². The fraction of sp³-hybridized carbons (Fsp3) is 0.357. The van der Waals surface area contributed by atoms with Crippen LogP contribution in [0, 0.1) is 0 Å². The van der Waals surface area contributed by atoms with Gasteiger partial charge in [-0.05, 0) is 37.1 Å². The standard InChI is InChI=1S/C14H13F3N4O2S/c15-14(16,17)23-10-5-3-9(4-6-10)18-11(22)7-24-13-19-12(20-21-13)8-1-2-8/h3-6,8H,1-2,7H2,(H,18,22)(H,19,20,21). The van der Waals surface area contributed by atoms with Crippen LogP contribution in [0.4, 0.5) is 18.9 Å². The van der Waals surface area contributed by atoms with E-state index in [9.17, 15) is 18.0 Å². The van der Waals surface area contributed by atoms with Crippen molar-refractivity contribution in [2.75, 3.05) is 11.1 Å². The molecule has 1 aromatic carbocycles. The van der Waals surface area contributed by atoms with Gasteiger partial charge in [0.1, 0.15) is 11.6 Å². The molecule has 1 aliphatic carbocycles. The number of hydrogen-bond donors (Lipinski definition) is 2. The van der Waals surface area contributed by atoms with Gasteiger partial charge >= 0.3 is 6.36 Å². The summed E-state index contributed by atoms with van der Waals surface area (Å²) in [6.45, 7) is 0. The molecule has 2 aromatic rings. The van der Waals surface area contributed by atoms with E-state index in [0.717, 1.165) is 30.8 Å². The number of nitrogens with zero attached hydrogens (tertiary/aromatic N) is 2. The number of H-pyrrole nitrogens is 1. The van der Waals surface area contributed by atoms with E-state index >= 15 is 0 Å². The zero-order valence-electron chi connectivity index (χ0n) is 12.3. The van der Waals surface area contributed by atoms with Gasteiger partial charge in [0.2, 0.25) is 11.1 Å². The predicted molar refractivity (Wildman–Crippen MR) is 80.8 cm³/mol. The zero-order valence-corrected chi connectivity index (χ0v) is 13.1. The van der Waals surface area contributed by atoms with E-state index in [0.29, 0.717) is 16.8 Å². The number of carbonyl (C=O) groups is 1. The number of alkyl halides is 3. The van der Waals surface area contributed by atoms with Crippen LogP contribution in [-0.2, 0) is 4.79 Å². The lowest BCUT2D eigenvalue weighted by Gasteiger charge is -2.09. The molecule has 1 fully saturated rings. The Morgan fingerprint density at radius 1 is 1.33 bits per heavy atom. The molecule has 10 heteroatoms. The third-order valence-corrected chi connectivity index (χ3v) is 4.00. The van der Waals surface area contributed by atoms with Gasteiger partial charge in [0, 0.05) is 11.6 Å². The Labute approximate surface area is 139 Å². The third-order valence-electron chi connectivity index (χ3n) is 3.15. The maximum atomic E-state index is 12.1. The maximum absolute atomic E-state index is 12.1. The average Bonchev–Trinajstić information content (AvgIpc) is 3.25. The van der Waals surface area contributed by atoms with E-state index in [1.807, 2.05) is 0 Å². The summed E-state index contributed by atoms with van der Waals surface area (Å²) in [6.07, 6.45) is -2.53. The normalized spacial score (nSPS) is 14.5. The first-order valence-electron chi connectivity index (χ1n) is 7.10. The molecular weight excluding hydrogens is 345 g/mol. The van der Waals surface area contributed by atoms with Gasteiger partial charge in [-0.3, -0.25) is 9.89 Å². The number of thioether (sulfide) groups is 1. The highest BCUT2D eigenvalue weighted by Gasteiger charge is 2.31. The van der Waals surface area contributed by atoms with E-state index in [2.05, 4.69) is 25.2 Å². The average molecular weight is 358 g/mol. The summed E-state index contributed by atoms with van der Waals surface area (Å²) in [7, 11) is 0. The summed E-state index contributed by atoms with van der Waals surface area (Å²) in [5.74, 6) is 0.754. The topological polar surface area (TPSA) is 79.9 Å². The van der Waals surface area contributed by atoms with Gasteiger partial charge in [0.05, 0.1) is 5.75 Å². The molecule has 0 aliphatic heterocycles. The number of amides is 1. The molecule has 0 atom stereocenters. The van der Waals surface area contributed by atoms with Crippen molar-refractivity contribution in [2.45, 2.75) is 30.3 Å². The fourth-order valence-corrected chi connectivity index (χ4v) is 2.53. The van der Waals surface area contributed by atoms with Gasteiger partial charge in [-0.1, -0.05) is 11.8 Å². The van der Waals surface area contributed by atoms with E-state index in [-0.39, 0.29) is 17.4 Å². The summed E-state index contributed by atoms with van der Waals surface area (Å²) < 4.78 is 39.9. The molecule has 128 valence electrons. The maximum Gasteiger partial charge on any atom is 0.573 e. The number of carbonyl (C=O) groups excluding carboxylic acids is 1. The summed E-state index contributed by atoms with van der Waals surface area (Å²) in [5, 5.41) is 9.96. The summed E-state index contributed by atoms with van der Waals surface area (Å²) in [5.41, 5.74) is 0.379. The first kappa shape index (κ1) is 16.6. The number of hydrogen-bond acceptors (Lipinski definition) is 5. The van der Waals surface area contributed by atoms with E-state index in [1.54, 1.807) is 0 Å². The van der Waals surface area contributed by atoms with Crippen LogP contribution in [0.3, 0.4) is 0 Å². The van der Waals surface area contributed by atoms with Crippen LogP contribution in [0.5, 0.6) is 5.75 Å². The molecule has 1 saturated carbocycles. The van der Waals surface area contributed by atoms with Crippen LogP contribution in [0.1, 0.15) is 24.6 Å². The van der Waals surface area contributed by atoms with Crippen molar-refractivity contribution in [1.82, 2.24) is 15.2 Å². The highest BCUT2D eigenvalue weighted by molar-refractivity contribution is 7.99. The Bertz CT molecular complexity index is 714. The van der Waals surface area contributed by atoms with Gasteiger partial charge < -0.3 is 10.1 Å². The summed E-state index contributed by atoms with van der Waals surface area (Å²) >= 11 is 1.19. The Kier molecular flexibility index (Phi) is 4.65. The summed E-state index contributed by atoms with van der Waals surface area (Å²) in [4.78, 5) is 16.1.